The van der Waals surface area contributed by atoms with Crippen molar-refractivity contribution in [2.24, 2.45) is 11.5 Å². The van der Waals surface area contributed by atoms with E-state index in [0.717, 1.165) is 11.1 Å². The highest BCUT2D eigenvalue weighted by molar-refractivity contribution is 6.04. The quantitative estimate of drug-likeness (QED) is 0.419. The van der Waals surface area contributed by atoms with Crippen LogP contribution in [0.15, 0.2) is 60.2 Å². The normalized spacial score (nSPS) is 10.9. The highest BCUT2D eigenvalue weighted by atomic mass is 16.1. The van der Waals surface area contributed by atoms with Crippen molar-refractivity contribution in [3.05, 3.63) is 71.3 Å². The van der Waals surface area contributed by atoms with E-state index in [4.69, 9.17) is 19.4 Å². The third-order valence-corrected chi connectivity index (χ3v) is 3.20. The SMILES string of the molecule is CC.CC.[B]N(CC(=C/C)/C=C(\C=C)C(N)=O)Cc1cccc(C(N)=O)c1. The van der Waals surface area contributed by atoms with Gasteiger partial charge in [0.2, 0.25) is 11.8 Å². The third kappa shape index (κ3) is 10.9. The fraction of sp³-hybridized carbons (Fsp3) is 0.333. The van der Waals surface area contributed by atoms with Gasteiger partial charge in [0.1, 0.15) is 0 Å². The zero-order valence-electron chi connectivity index (χ0n) is 17.2. The van der Waals surface area contributed by atoms with Gasteiger partial charge < -0.3 is 16.3 Å². The fourth-order valence-electron chi connectivity index (χ4n) is 2.00. The molecule has 0 fully saturated rings. The number of allylic oxidation sites excluding steroid dienone is 1. The number of carbonyl (C=O) groups excluding carboxylic acids is 2. The Kier molecular flexibility index (Phi) is 15.4. The maximum atomic E-state index is 11.2. The summed E-state index contributed by atoms with van der Waals surface area (Å²) in [4.78, 5) is 24.0. The van der Waals surface area contributed by atoms with Gasteiger partial charge in [-0.1, -0.05) is 58.6 Å². The largest absolute Gasteiger partial charge is 0.366 e. The summed E-state index contributed by atoms with van der Waals surface area (Å²) in [5.74, 6) is -1.03. The summed E-state index contributed by atoms with van der Waals surface area (Å²) in [7, 11) is 6.01. The molecule has 0 atom stereocenters. The topological polar surface area (TPSA) is 89.4 Å². The molecule has 0 spiro atoms. The Bertz CT molecular complexity index is 667. The molecule has 0 aliphatic heterocycles. The smallest absolute Gasteiger partial charge is 0.248 e. The summed E-state index contributed by atoms with van der Waals surface area (Å²) in [5, 5.41) is 0. The van der Waals surface area contributed by atoms with Gasteiger partial charge in [-0.25, -0.2) is 0 Å². The van der Waals surface area contributed by atoms with E-state index in [2.05, 4.69) is 6.58 Å². The standard InChI is InChI=1S/C17H20BN3O2.2C2H6/c1-3-12(8-14(4-2)16(19)22)10-21(18)11-13-6-5-7-15(9-13)17(20)23;2*1-2/h3-9H,2,10-11H2,1H3,(H2,19,22)(H2,20,23);2*1-2H3/b12-3+,14-8+;;. The average molecular weight is 369 g/mol. The van der Waals surface area contributed by atoms with Crippen molar-refractivity contribution in [2.75, 3.05) is 6.54 Å². The summed E-state index contributed by atoms with van der Waals surface area (Å²) in [5.41, 5.74) is 13.0. The monoisotopic (exact) mass is 369 g/mol. The lowest BCUT2D eigenvalue weighted by Gasteiger charge is -2.18. The number of nitrogens with two attached hydrogens (primary N) is 2. The molecule has 1 rings (SSSR count). The van der Waals surface area contributed by atoms with Gasteiger partial charge in [0.05, 0.1) is 0 Å². The van der Waals surface area contributed by atoms with Crippen LogP contribution in [0.1, 0.15) is 50.5 Å². The summed E-state index contributed by atoms with van der Waals surface area (Å²) < 4.78 is 0. The van der Waals surface area contributed by atoms with Gasteiger partial charge in [0, 0.05) is 24.2 Å². The number of hydrogen-bond donors (Lipinski definition) is 2. The van der Waals surface area contributed by atoms with E-state index < -0.39 is 11.8 Å². The molecule has 5 nitrogen and oxygen atoms in total. The van der Waals surface area contributed by atoms with E-state index in [9.17, 15) is 9.59 Å². The maximum absolute atomic E-state index is 11.2. The molecule has 0 saturated carbocycles. The number of carbonyl (C=O) groups is 2. The van der Waals surface area contributed by atoms with Gasteiger partial charge in [0.15, 0.2) is 7.98 Å². The fourth-order valence-corrected chi connectivity index (χ4v) is 2.00. The molecule has 2 radical (unpaired) electrons. The number of primary amides is 2. The third-order valence-electron chi connectivity index (χ3n) is 3.20. The van der Waals surface area contributed by atoms with E-state index in [1.165, 1.54) is 6.08 Å². The highest BCUT2D eigenvalue weighted by Gasteiger charge is 2.07. The van der Waals surface area contributed by atoms with Gasteiger partial charge in [-0.2, -0.15) is 0 Å². The van der Waals surface area contributed by atoms with Crippen LogP contribution in [-0.4, -0.2) is 31.2 Å². The van der Waals surface area contributed by atoms with Crippen molar-refractivity contribution in [3.8, 4) is 0 Å². The van der Waals surface area contributed by atoms with Crippen molar-refractivity contribution < 1.29 is 9.59 Å². The molecule has 0 aromatic heterocycles. The number of nitrogens with zero attached hydrogens (tertiary/aromatic N) is 1. The van der Waals surface area contributed by atoms with Crippen LogP contribution in [0.25, 0.3) is 0 Å². The van der Waals surface area contributed by atoms with E-state index in [1.807, 2.05) is 46.8 Å². The molecule has 1 aromatic rings. The van der Waals surface area contributed by atoms with E-state index in [-0.39, 0.29) is 0 Å². The maximum Gasteiger partial charge on any atom is 0.248 e. The molecule has 0 aliphatic carbocycles. The van der Waals surface area contributed by atoms with E-state index in [0.29, 0.717) is 24.2 Å². The van der Waals surface area contributed by atoms with Crippen molar-refractivity contribution in [3.63, 3.8) is 0 Å². The molecule has 0 saturated heterocycles. The zero-order valence-corrected chi connectivity index (χ0v) is 17.2. The first kappa shape index (κ1) is 26.6. The van der Waals surface area contributed by atoms with Crippen LogP contribution in [0, 0.1) is 0 Å². The predicted octanol–water partition coefficient (Wildman–Crippen LogP) is 3.27. The van der Waals surface area contributed by atoms with Crippen LogP contribution in [0.4, 0.5) is 0 Å². The Morgan fingerprint density at radius 2 is 1.78 bits per heavy atom. The minimum absolute atomic E-state index is 0.322. The van der Waals surface area contributed by atoms with E-state index in [1.54, 1.807) is 29.1 Å². The molecule has 146 valence electrons. The minimum atomic E-state index is -0.544. The minimum Gasteiger partial charge on any atom is -0.366 e. The zero-order chi connectivity index (χ0) is 21.4. The first-order valence-electron chi connectivity index (χ1n) is 9.05. The van der Waals surface area contributed by atoms with Crippen LogP contribution in [0.5, 0.6) is 0 Å². The highest BCUT2D eigenvalue weighted by Crippen LogP contribution is 2.10. The second kappa shape index (κ2) is 15.6. The number of amides is 2. The average Bonchev–Trinajstić information content (AvgIpc) is 2.68. The van der Waals surface area contributed by atoms with Gasteiger partial charge in [-0.15, -0.1) is 0 Å². The molecule has 4 N–H and O–H groups in total. The first-order valence-corrected chi connectivity index (χ1v) is 9.05. The first-order chi connectivity index (χ1) is 12.9. The molecule has 0 heterocycles. The van der Waals surface area contributed by atoms with Gasteiger partial charge in [-0.05, 0) is 36.3 Å². The molecule has 1 aromatic carbocycles. The summed E-state index contributed by atoms with van der Waals surface area (Å²) >= 11 is 0. The lowest BCUT2D eigenvalue weighted by atomic mass is 10.1. The molecular formula is C21H32BN3O2. The second-order valence-corrected chi connectivity index (χ2v) is 5.00. The summed E-state index contributed by atoms with van der Waals surface area (Å²) in [6.45, 7) is 14.2. The van der Waals surface area contributed by atoms with Gasteiger partial charge in [-0.3, -0.25) is 9.59 Å². The van der Waals surface area contributed by atoms with Crippen molar-refractivity contribution in [2.45, 2.75) is 41.2 Å². The van der Waals surface area contributed by atoms with Crippen LogP contribution in [0.3, 0.4) is 0 Å². The lowest BCUT2D eigenvalue weighted by molar-refractivity contribution is -0.114. The molecule has 0 bridgehead atoms. The molecular weight excluding hydrogens is 337 g/mol. The van der Waals surface area contributed by atoms with Crippen molar-refractivity contribution in [1.82, 2.24) is 4.81 Å². The van der Waals surface area contributed by atoms with Crippen LogP contribution < -0.4 is 11.5 Å². The number of hydrogen-bond acceptors (Lipinski definition) is 3. The second-order valence-electron chi connectivity index (χ2n) is 5.00. The predicted molar refractivity (Wildman–Crippen MR) is 115 cm³/mol. The Balaban J connectivity index is 0. The van der Waals surface area contributed by atoms with Crippen LogP contribution >= 0.6 is 0 Å². The number of benzene rings is 1. The van der Waals surface area contributed by atoms with Crippen molar-refractivity contribution in [1.29, 1.82) is 0 Å². The molecule has 2 amide bonds. The Hall–Kier alpha value is -2.60. The molecule has 27 heavy (non-hydrogen) atoms. The molecule has 0 unspecified atom stereocenters. The summed E-state index contributed by atoms with van der Waals surface area (Å²) in [6, 6.07) is 6.96. The van der Waals surface area contributed by atoms with Gasteiger partial charge in [0.25, 0.3) is 0 Å². The lowest BCUT2D eigenvalue weighted by Crippen LogP contribution is -2.23. The van der Waals surface area contributed by atoms with Crippen LogP contribution in [0.2, 0.25) is 0 Å². The van der Waals surface area contributed by atoms with E-state index >= 15 is 0 Å². The Morgan fingerprint density at radius 3 is 2.22 bits per heavy atom. The van der Waals surface area contributed by atoms with Crippen molar-refractivity contribution >= 4 is 19.8 Å². The van der Waals surface area contributed by atoms with Gasteiger partial charge >= 0.3 is 0 Å². The Morgan fingerprint density at radius 1 is 1.19 bits per heavy atom. The molecule has 0 aliphatic rings. The van der Waals surface area contributed by atoms with Crippen LogP contribution in [-0.2, 0) is 11.3 Å². The number of rotatable bonds is 8. The molecule has 6 heteroatoms. The Labute approximate surface area is 165 Å². The summed E-state index contributed by atoms with van der Waals surface area (Å²) in [6.07, 6.45) is 4.89.